The van der Waals surface area contributed by atoms with Crippen LogP contribution in [0.2, 0.25) is 0 Å². The lowest BCUT2D eigenvalue weighted by molar-refractivity contribution is -0.120. The van der Waals surface area contributed by atoms with Crippen LogP contribution in [-0.4, -0.2) is 26.0 Å². The van der Waals surface area contributed by atoms with Crippen molar-refractivity contribution in [1.82, 2.24) is 10.6 Å². The normalized spacial score (nSPS) is 14.8. The Kier molecular flexibility index (Phi) is 8.12. The summed E-state index contributed by atoms with van der Waals surface area (Å²) < 4.78 is 5.27. The van der Waals surface area contributed by atoms with Crippen LogP contribution in [0.4, 0.5) is 5.69 Å². The van der Waals surface area contributed by atoms with Gasteiger partial charge in [-0.1, -0.05) is 43.5 Å². The molecule has 0 radical (unpaired) electrons. The van der Waals surface area contributed by atoms with Gasteiger partial charge < -0.3 is 20.7 Å². The Bertz CT molecular complexity index is 860. The Balaban J connectivity index is 1.50. The topological polar surface area (TPSA) is 74.8 Å². The van der Waals surface area contributed by atoms with Crippen molar-refractivity contribution in [2.45, 2.75) is 45.2 Å². The van der Waals surface area contributed by atoms with Gasteiger partial charge in [0.1, 0.15) is 5.75 Å². The van der Waals surface area contributed by atoms with E-state index < -0.39 is 0 Å². The molecule has 1 aliphatic rings. The lowest BCUT2D eigenvalue weighted by Crippen LogP contribution is -2.36. The number of aliphatic imine (C=N–C) groups is 1. The Morgan fingerprint density at radius 1 is 1.00 bits per heavy atom. The average molecular weight is 409 g/mol. The second-order valence-corrected chi connectivity index (χ2v) is 7.66. The van der Waals surface area contributed by atoms with Gasteiger partial charge >= 0.3 is 0 Å². The highest BCUT2D eigenvalue weighted by atomic mass is 16.5. The highest BCUT2D eigenvalue weighted by Crippen LogP contribution is 2.25. The van der Waals surface area contributed by atoms with Gasteiger partial charge in [-0.05, 0) is 48.2 Å². The number of rotatable bonds is 7. The molecule has 3 N–H and O–H groups in total. The zero-order valence-electron chi connectivity index (χ0n) is 17.9. The van der Waals surface area contributed by atoms with Crippen molar-refractivity contribution < 1.29 is 9.53 Å². The first kappa shape index (κ1) is 21.7. The second-order valence-electron chi connectivity index (χ2n) is 7.66. The number of hydrogen-bond acceptors (Lipinski definition) is 3. The minimum atomic E-state index is 0.149. The Labute approximate surface area is 179 Å². The summed E-state index contributed by atoms with van der Waals surface area (Å²) in [5, 5.41) is 9.72. The molecule has 0 unspecified atom stereocenters. The molecule has 160 valence electrons. The Morgan fingerprint density at radius 3 is 2.33 bits per heavy atom. The molecule has 3 rings (SSSR count). The lowest BCUT2D eigenvalue weighted by atomic mass is 9.88. The van der Waals surface area contributed by atoms with Crippen molar-refractivity contribution >= 4 is 17.6 Å². The number of benzene rings is 2. The minimum absolute atomic E-state index is 0.149. The van der Waals surface area contributed by atoms with E-state index in [0.29, 0.717) is 13.1 Å². The van der Waals surface area contributed by atoms with E-state index in [1.165, 1.54) is 6.42 Å². The van der Waals surface area contributed by atoms with Crippen LogP contribution in [0, 0.1) is 5.92 Å². The second kappa shape index (κ2) is 11.2. The van der Waals surface area contributed by atoms with Gasteiger partial charge in [0.2, 0.25) is 5.91 Å². The summed E-state index contributed by atoms with van der Waals surface area (Å²) in [7, 11) is 3.42. The third kappa shape index (κ3) is 6.51. The molecule has 2 aromatic carbocycles. The fraction of sp³-hybridized carbons (Fsp3) is 0.417. The summed E-state index contributed by atoms with van der Waals surface area (Å²) in [5.41, 5.74) is 3.05. The van der Waals surface area contributed by atoms with Gasteiger partial charge in [0.15, 0.2) is 5.96 Å². The fourth-order valence-electron chi connectivity index (χ4n) is 3.74. The van der Waals surface area contributed by atoms with Gasteiger partial charge in [-0.25, -0.2) is 0 Å². The maximum atomic E-state index is 12.5. The molecule has 0 aliphatic heterocycles. The monoisotopic (exact) mass is 408 g/mol. The number of anilines is 1. The van der Waals surface area contributed by atoms with Crippen molar-refractivity contribution in [3.8, 4) is 5.75 Å². The van der Waals surface area contributed by atoms with E-state index in [-0.39, 0.29) is 11.8 Å². The van der Waals surface area contributed by atoms with E-state index in [2.05, 4.69) is 20.9 Å². The van der Waals surface area contributed by atoms with E-state index in [4.69, 9.17) is 4.74 Å². The first-order valence-corrected chi connectivity index (χ1v) is 10.6. The number of methoxy groups -OCH3 is 1. The van der Waals surface area contributed by atoms with Crippen LogP contribution >= 0.6 is 0 Å². The van der Waals surface area contributed by atoms with Gasteiger partial charge in [0, 0.05) is 31.7 Å². The quantitative estimate of drug-likeness (QED) is 0.477. The molecular weight excluding hydrogens is 376 g/mol. The molecule has 0 aromatic heterocycles. The standard InChI is InChI=1S/C24H32N4O2/c1-25-24(27-17-19-9-7-13-22(15-19)30-2)26-16-18-8-6-12-21(14-18)28-23(29)20-10-4-3-5-11-20/h6-9,12-15,20H,3-5,10-11,16-17H2,1-2H3,(H,28,29)(H2,25,26,27). The molecular formula is C24H32N4O2. The van der Waals surface area contributed by atoms with Crippen molar-refractivity contribution in [3.63, 3.8) is 0 Å². The number of ether oxygens (including phenoxy) is 1. The smallest absolute Gasteiger partial charge is 0.227 e. The predicted octanol–water partition coefficient (Wildman–Crippen LogP) is 4.08. The van der Waals surface area contributed by atoms with Gasteiger partial charge in [-0.2, -0.15) is 0 Å². The summed E-state index contributed by atoms with van der Waals surface area (Å²) in [5.74, 6) is 1.86. The number of nitrogens with zero attached hydrogens (tertiary/aromatic N) is 1. The molecule has 30 heavy (non-hydrogen) atoms. The molecule has 6 heteroatoms. The van der Waals surface area contributed by atoms with Gasteiger partial charge in [0.05, 0.1) is 7.11 Å². The molecule has 1 saturated carbocycles. The first-order valence-electron chi connectivity index (χ1n) is 10.6. The lowest BCUT2D eigenvalue weighted by Gasteiger charge is -2.21. The van der Waals surface area contributed by atoms with Crippen molar-refractivity contribution in [3.05, 3.63) is 59.7 Å². The van der Waals surface area contributed by atoms with Gasteiger partial charge in [-0.3, -0.25) is 9.79 Å². The average Bonchev–Trinajstić information content (AvgIpc) is 2.80. The van der Waals surface area contributed by atoms with E-state index in [9.17, 15) is 4.79 Å². The Hall–Kier alpha value is -3.02. The predicted molar refractivity (Wildman–Crippen MR) is 122 cm³/mol. The number of nitrogens with one attached hydrogen (secondary N) is 3. The van der Waals surface area contributed by atoms with Crippen LogP contribution in [0.5, 0.6) is 5.75 Å². The largest absolute Gasteiger partial charge is 0.497 e. The van der Waals surface area contributed by atoms with Gasteiger partial charge in [0.25, 0.3) is 0 Å². The zero-order valence-corrected chi connectivity index (χ0v) is 17.9. The molecule has 0 atom stereocenters. The number of guanidine groups is 1. The molecule has 1 aliphatic carbocycles. The summed E-state index contributed by atoms with van der Waals surface area (Å²) in [6.45, 7) is 1.26. The zero-order chi connectivity index (χ0) is 21.2. The van der Waals surface area contributed by atoms with Crippen LogP contribution in [0.1, 0.15) is 43.2 Å². The van der Waals surface area contributed by atoms with Crippen LogP contribution in [-0.2, 0) is 17.9 Å². The molecule has 0 spiro atoms. The SMILES string of the molecule is CN=C(NCc1cccc(NC(=O)C2CCCCC2)c1)NCc1cccc(OC)c1. The fourth-order valence-corrected chi connectivity index (χ4v) is 3.74. The van der Waals surface area contributed by atoms with Crippen LogP contribution in [0.15, 0.2) is 53.5 Å². The summed E-state index contributed by atoms with van der Waals surface area (Å²) in [4.78, 5) is 16.8. The maximum absolute atomic E-state index is 12.5. The molecule has 2 aromatic rings. The third-order valence-electron chi connectivity index (χ3n) is 5.45. The molecule has 1 amide bonds. The van der Waals surface area contributed by atoms with E-state index in [1.807, 2.05) is 48.5 Å². The molecule has 0 saturated heterocycles. The maximum Gasteiger partial charge on any atom is 0.227 e. The third-order valence-corrected chi connectivity index (χ3v) is 5.45. The summed E-state index contributed by atoms with van der Waals surface area (Å²) in [6.07, 6.45) is 5.57. The van der Waals surface area contributed by atoms with Crippen LogP contribution in [0.25, 0.3) is 0 Å². The van der Waals surface area contributed by atoms with E-state index >= 15 is 0 Å². The number of amides is 1. The van der Waals surface area contributed by atoms with Crippen molar-refractivity contribution in [1.29, 1.82) is 0 Å². The summed E-state index contributed by atoms with van der Waals surface area (Å²) >= 11 is 0. The van der Waals surface area contributed by atoms with E-state index in [1.54, 1.807) is 14.2 Å². The van der Waals surface area contributed by atoms with Crippen LogP contribution in [0.3, 0.4) is 0 Å². The number of carbonyl (C=O) groups is 1. The first-order chi connectivity index (χ1) is 14.7. The van der Waals surface area contributed by atoms with Gasteiger partial charge in [-0.15, -0.1) is 0 Å². The minimum Gasteiger partial charge on any atom is -0.497 e. The molecule has 0 heterocycles. The van der Waals surface area contributed by atoms with Crippen molar-refractivity contribution in [2.75, 3.05) is 19.5 Å². The number of hydrogen-bond donors (Lipinski definition) is 3. The highest BCUT2D eigenvalue weighted by molar-refractivity contribution is 5.92. The summed E-state index contributed by atoms with van der Waals surface area (Å²) in [6, 6.07) is 15.9. The van der Waals surface area contributed by atoms with Crippen LogP contribution < -0.4 is 20.7 Å². The highest BCUT2D eigenvalue weighted by Gasteiger charge is 2.21. The van der Waals surface area contributed by atoms with E-state index in [0.717, 1.165) is 54.2 Å². The molecule has 1 fully saturated rings. The van der Waals surface area contributed by atoms with Crippen molar-refractivity contribution in [2.24, 2.45) is 10.9 Å². The number of carbonyl (C=O) groups excluding carboxylic acids is 1. The Morgan fingerprint density at radius 2 is 1.67 bits per heavy atom. The molecule has 6 nitrogen and oxygen atoms in total. The molecule has 0 bridgehead atoms.